The molecule has 7 nitrogen and oxygen atoms in total. The molecule has 0 fully saturated rings. The first-order valence-corrected chi connectivity index (χ1v) is 7.85. The fourth-order valence-corrected chi connectivity index (χ4v) is 2.95. The number of aryl methyl sites for hydroxylation is 1. The zero-order valence-electron chi connectivity index (χ0n) is 14.2. The van der Waals surface area contributed by atoms with E-state index in [1.807, 2.05) is 0 Å². The second-order valence-corrected chi connectivity index (χ2v) is 5.91. The molecule has 132 valence electrons. The summed E-state index contributed by atoms with van der Waals surface area (Å²) in [6, 6.07) is 4.80. The maximum atomic E-state index is 12.2. The second kappa shape index (κ2) is 6.60. The van der Waals surface area contributed by atoms with Crippen LogP contribution in [0.1, 0.15) is 50.7 Å². The van der Waals surface area contributed by atoms with Crippen molar-refractivity contribution in [1.29, 1.82) is 0 Å². The van der Waals surface area contributed by atoms with Crippen LogP contribution in [0, 0.1) is 13.8 Å². The smallest absolute Gasteiger partial charge is 0.355 e. The lowest BCUT2D eigenvalue weighted by Crippen LogP contribution is -2.15. The molecule has 7 heteroatoms. The highest BCUT2D eigenvalue weighted by Gasteiger charge is 2.22. The number of rotatable bonds is 5. The molecule has 25 heavy (non-hydrogen) atoms. The van der Waals surface area contributed by atoms with Crippen LogP contribution in [0.15, 0.2) is 18.2 Å². The predicted octanol–water partition coefficient (Wildman–Crippen LogP) is 2.45. The van der Waals surface area contributed by atoms with Gasteiger partial charge in [0.05, 0.1) is 6.10 Å². The number of ether oxygens (including phenoxy) is 3. The van der Waals surface area contributed by atoms with Crippen LogP contribution in [0.3, 0.4) is 0 Å². The van der Waals surface area contributed by atoms with Gasteiger partial charge in [-0.2, -0.15) is 0 Å². The van der Waals surface area contributed by atoms with Crippen LogP contribution in [0.25, 0.3) is 0 Å². The Morgan fingerprint density at radius 2 is 2.00 bits per heavy atom. The summed E-state index contributed by atoms with van der Waals surface area (Å²) in [6.07, 6.45) is -0.701. The first-order valence-electron chi connectivity index (χ1n) is 7.85. The Hall–Kier alpha value is -2.80. The summed E-state index contributed by atoms with van der Waals surface area (Å²) in [5, 5.41) is 9.78. The van der Waals surface area contributed by atoms with Gasteiger partial charge in [-0.05, 0) is 44.5 Å². The molecule has 0 aliphatic carbocycles. The molecule has 1 atom stereocenters. The van der Waals surface area contributed by atoms with Crippen LogP contribution in [0.5, 0.6) is 11.5 Å². The molecule has 1 aromatic carbocycles. The van der Waals surface area contributed by atoms with Crippen molar-refractivity contribution in [3.05, 3.63) is 46.3 Å². The molecule has 0 saturated carbocycles. The van der Waals surface area contributed by atoms with Crippen LogP contribution in [-0.4, -0.2) is 35.2 Å². The highest BCUT2D eigenvalue weighted by molar-refractivity contribution is 5.99. The minimum absolute atomic E-state index is 0.124. The topological polar surface area (TPSA) is 97.9 Å². The third kappa shape index (κ3) is 3.23. The van der Waals surface area contributed by atoms with E-state index in [0.717, 1.165) is 0 Å². The van der Waals surface area contributed by atoms with Crippen LogP contribution in [0.2, 0.25) is 0 Å². The molecule has 1 aromatic heterocycles. The zero-order valence-corrected chi connectivity index (χ0v) is 14.2. The summed E-state index contributed by atoms with van der Waals surface area (Å²) in [4.78, 5) is 27.4. The van der Waals surface area contributed by atoms with E-state index in [2.05, 4.69) is 4.98 Å². The van der Waals surface area contributed by atoms with Crippen molar-refractivity contribution in [2.45, 2.75) is 26.9 Å². The molecular formula is C18H19NO6. The van der Waals surface area contributed by atoms with E-state index in [-0.39, 0.29) is 24.9 Å². The maximum absolute atomic E-state index is 12.2. The van der Waals surface area contributed by atoms with Gasteiger partial charge in [-0.15, -0.1) is 0 Å². The lowest BCUT2D eigenvalue weighted by molar-refractivity contribution is 0.0468. The average molecular weight is 345 g/mol. The minimum atomic E-state index is -0.701. The molecule has 3 rings (SSSR count). The number of carbonyl (C=O) groups is 2. The Kier molecular flexibility index (Phi) is 4.50. The number of esters is 1. The summed E-state index contributed by atoms with van der Waals surface area (Å²) in [7, 11) is 0. The number of nitrogens with one attached hydrogen (secondary N) is 1. The van der Waals surface area contributed by atoms with Crippen molar-refractivity contribution in [3.63, 3.8) is 0 Å². The molecule has 1 aliphatic rings. The van der Waals surface area contributed by atoms with E-state index >= 15 is 0 Å². The highest BCUT2D eigenvalue weighted by Crippen LogP contribution is 2.32. The Balaban J connectivity index is 1.68. The third-order valence-corrected chi connectivity index (χ3v) is 4.15. The van der Waals surface area contributed by atoms with Gasteiger partial charge >= 0.3 is 5.97 Å². The number of benzene rings is 1. The standard InChI is InChI=1S/C18H19NO6/c1-9-16(11(3)20)10(2)19-17(9)18(22)23-7-13(21)12-4-5-14-15(6-12)25-8-24-14/h4-6,11,19-20H,7-8H2,1-3H3/t11-/m1/s1. The van der Waals surface area contributed by atoms with Crippen molar-refractivity contribution in [3.8, 4) is 11.5 Å². The summed E-state index contributed by atoms with van der Waals surface area (Å²) in [6.45, 7) is 4.85. The van der Waals surface area contributed by atoms with E-state index in [9.17, 15) is 14.7 Å². The molecule has 0 saturated heterocycles. The molecule has 0 bridgehead atoms. The Labute approximate surface area is 144 Å². The van der Waals surface area contributed by atoms with Gasteiger partial charge in [-0.1, -0.05) is 0 Å². The van der Waals surface area contributed by atoms with E-state index in [1.165, 1.54) is 0 Å². The number of Topliss-reactive ketones (excluding diaryl/α,β-unsaturated/α-hetero) is 1. The van der Waals surface area contributed by atoms with Crippen molar-refractivity contribution in [1.82, 2.24) is 4.98 Å². The molecule has 1 aliphatic heterocycles. The van der Waals surface area contributed by atoms with E-state index < -0.39 is 12.1 Å². The number of hydrogen-bond donors (Lipinski definition) is 2. The SMILES string of the molecule is Cc1[nH]c(C(=O)OCC(=O)c2ccc3c(c2)OCO3)c(C)c1[C@@H](C)O. The van der Waals surface area contributed by atoms with Gasteiger partial charge < -0.3 is 24.3 Å². The summed E-state index contributed by atoms with van der Waals surface area (Å²) >= 11 is 0. The molecule has 0 amide bonds. The van der Waals surface area contributed by atoms with Gasteiger partial charge in [-0.25, -0.2) is 4.79 Å². The number of H-pyrrole nitrogens is 1. The van der Waals surface area contributed by atoms with Gasteiger partial charge in [0.2, 0.25) is 6.79 Å². The Morgan fingerprint density at radius 3 is 2.68 bits per heavy atom. The quantitative estimate of drug-likeness (QED) is 0.638. The highest BCUT2D eigenvalue weighted by atomic mass is 16.7. The lowest BCUT2D eigenvalue weighted by Gasteiger charge is -2.06. The van der Waals surface area contributed by atoms with Gasteiger partial charge in [0.15, 0.2) is 23.9 Å². The molecule has 0 radical (unpaired) electrons. The summed E-state index contributed by atoms with van der Waals surface area (Å²) < 4.78 is 15.5. The van der Waals surface area contributed by atoms with Gasteiger partial charge in [0.1, 0.15) is 5.69 Å². The van der Waals surface area contributed by atoms with Crippen molar-refractivity contribution in [2.24, 2.45) is 0 Å². The fourth-order valence-electron chi connectivity index (χ4n) is 2.95. The first kappa shape index (κ1) is 17.0. The number of carbonyl (C=O) groups excluding carboxylic acids is 2. The molecule has 0 spiro atoms. The summed E-state index contributed by atoms with van der Waals surface area (Å²) in [5.74, 6) is 0.0937. The summed E-state index contributed by atoms with van der Waals surface area (Å²) in [5.41, 5.74) is 2.59. The van der Waals surface area contributed by atoms with Gasteiger partial charge in [-0.3, -0.25) is 4.79 Å². The molecule has 0 unspecified atom stereocenters. The number of aliphatic hydroxyl groups is 1. The first-order chi connectivity index (χ1) is 11.9. The fraction of sp³-hybridized carbons (Fsp3) is 0.333. The maximum Gasteiger partial charge on any atom is 0.355 e. The van der Waals surface area contributed by atoms with Gasteiger partial charge in [0, 0.05) is 16.8 Å². The van der Waals surface area contributed by atoms with Gasteiger partial charge in [0.25, 0.3) is 0 Å². The van der Waals surface area contributed by atoms with E-state index in [0.29, 0.717) is 33.9 Å². The molecule has 2 N–H and O–H groups in total. The lowest BCUT2D eigenvalue weighted by atomic mass is 10.1. The second-order valence-electron chi connectivity index (χ2n) is 5.91. The minimum Gasteiger partial charge on any atom is -0.454 e. The molecule has 2 aromatic rings. The third-order valence-electron chi connectivity index (χ3n) is 4.15. The van der Waals surface area contributed by atoms with Crippen LogP contribution in [0.4, 0.5) is 0 Å². The zero-order chi connectivity index (χ0) is 18.1. The molecular weight excluding hydrogens is 326 g/mol. The number of hydrogen-bond acceptors (Lipinski definition) is 6. The van der Waals surface area contributed by atoms with Crippen molar-refractivity contribution >= 4 is 11.8 Å². The monoisotopic (exact) mass is 345 g/mol. The van der Waals surface area contributed by atoms with Crippen LogP contribution in [-0.2, 0) is 4.74 Å². The largest absolute Gasteiger partial charge is 0.454 e. The normalized spacial score (nSPS) is 13.6. The number of aromatic amines is 1. The predicted molar refractivity (Wildman–Crippen MR) is 88.1 cm³/mol. The average Bonchev–Trinajstić information content (AvgIpc) is 3.15. The Bertz CT molecular complexity index is 836. The van der Waals surface area contributed by atoms with Crippen LogP contribution >= 0.6 is 0 Å². The number of aliphatic hydroxyl groups excluding tert-OH is 1. The number of aromatic nitrogens is 1. The number of ketones is 1. The van der Waals surface area contributed by atoms with E-state index in [1.54, 1.807) is 39.0 Å². The molecule has 2 heterocycles. The van der Waals surface area contributed by atoms with Crippen LogP contribution < -0.4 is 9.47 Å². The Morgan fingerprint density at radius 1 is 1.28 bits per heavy atom. The van der Waals surface area contributed by atoms with Crippen molar-refractivity contribution < 1.29 is 28.9 Å². The van der Waals surface area contributed by atoms with E-state index in [4.69, 9.17) is 14.2 Å². The number of fused-ring (bicyclic) bond motifs is 1. The van der Waals surface area contributed by atoms with Crippen molar-refractivity contribution in [2.75, 3.05) is 13.4 Å².